The lowest BCUT2D eigenvalue weighted by molar-refractivity contribution is -0.125. The van der Waals surface area contributed by atoms with E-state index in [0.717, 1.165) is 43.6 Å². The molecular weight excluding hydrogens is 214 g/mol. The van der Waals surface area contributed by atoms with Gasteiger partial charge in [0.25, 0.3) is 0 Å². The first-order valence-electron chi connectivity index (χ1n) is 6.45. The van der Waals surface area contributed by atoms with Crippen molar-refractivity contribution in [1.29, 1.82) is 0 Å². The molecule has 0 aromatic carbocycles. The predicted octanol–water partition coefficient (Wildman–Crippen LogP) is 1.68. The van der Waals surface area contributed by atoms with Gasteiger partial charge in [0.05, 0.1) is 12.0 Å². The fourth-order valence-electron chi connectivity index (χ4n) is 2.25. The van der Waals surface area contributed by atoms with Gasteiger partial charge in [0.15, 0.2) is 0 Å². The molecule has 1 unspecified atom stereocenters. The largest absolute Gasteiger partial charge is 0.356 e. The highest BCUT2D eigenvalue weighted by Crippen LogP contribution is 2.22. The van der Waals surface area contributed by atoms with Crippen LogP contribution in [0.2, 0.25) is 0 Å². The molecule has 1 aromatic rings. The second-order valence-electron chi connectivity index (χ2n) is 5.24. The summed E-state index contributed by atoms with van der Waals surface area (Å²) >= 11 is 0. The van der Waals surface area contributed by atoms with E-state index < -0.39 is 0 Å². The molecule has 94 valence electrons. The maximum Gasteiger partial charge on any atom is 0.223 e. The van der Waals surface area contributed by atoms with Crippen molar-refractivity contribution in [2.45, 2.75) is 39.5 Å². The van der Waals surface area contributed by atoms with Gasteiger partial charge in [0.1, 0.15) is 0 Å². The number of aryl methyl sites for hydroxylation is 1. The number of rotatable bonds is 4. The first kappa shape index (κ1) is 12.1. The molecule has 0 aliphatic heterocycles. The van der Waals surface area contributed by atoms with Crippen LogP contribution < -0.4 is 5.32 Å². The number of aromatic nitrogens is 2. The van der Waals surface area contributed by atoms with Crippen molar-refractivity contribution in [1.82, 2.24) is 15.3 Å². The van der Waals surface area contributed by atoms with Crippen molar-refractivity contribution in [3.63, 3.8) is 0 Å². The van der Waals surface area contributed by atoms with Crippen LogP contribution in [-0.4, -0.2) is 22.4 Å². The zero-order valence-corrected chi connectivity index (χ0v) is 10.6. The van der Waals surface area contributed by atoms with E-state index in [1.165, 1.54) is 0 Å². The van der Waals surface area contributed by atoms with Gasteiger partial charge in [-0.05, 0) is 25.2 Å². The van der Waals surface area contributed by atoms with E-state index in [4.69, 9.17) is 0 Å². The zero-order chi connectivity index (χ0) is 12.3. The normalized spacial score (nSPS) is 19.1. The second kappa shape index (κ2) is 5.34. The summed E-state index contributed by atoms with van der Waals surface area (Å²) < 4.78 is 0. The maximum absolute atomic E-state index is 12.0. The van der Waals surface area contributed by atoms with Gasteiger partial charge in [0, 0.05) is 24.6 Å². The molecule has 0 bridgehead atoms. The van der Waals surface area contributed by atoms with Crippen molar-refractivity contribution in [2.24, 2.45) is 11.8 Å². The molecule has 0 fully saturated rings. The fourth-order valence-corrected chi connectivity index (χ4v) is 2.25. The number of imidazole rings is 1. The summed E-state index contributed by atoms with van der Waals surface area (Å²) in [6.07, 6.45) is 5.42. The molecule has 0 spiro atoms. The number of fused-ring (bicyclic) bond motifs is 1. The Kier molecular flexibility index (Phi) is 3.82. The molecule has 2 N–H and O–H groups in total. The van der Waals surface area contributed by atoms with Crippen molar-refractivity contribution < 1.29 is 4.79 Å². The van der Waals surface area contributed by atoms with Gasteiger partial charge < -0.3 is 10.3 Å². The Morgan fingerprint density at radius 1 is 1.65 bits per heavy atom. The molecular formula is C13H21N3O. The summed E-state index contributed by atoms with van der Waals surface area (Å²) in [4.78, 5) is 19.3. The van der Waals surface area contributed by atoms with Crippen LogP contribution in [0.4, 0.5) is 0 Å². The number of amides is 1. The van der Waals surface area contributed by atoms with Gasteiger partial charge in [-0.3, -0.25) is 4.79 Å². The van der Waals surface area contributed by atoms with E-state index in [-0.39, 0.29) is 11.8 Å². The van der Waals surface area contributed by atoms with E-state index in [1.807, 2.05) is 0 Å². The Morgan fingerprint density at radius 2 is 2.47 bits per heavy atom. The highest BCUT2D eigenvalue weighted by atomic mass is 16.1. The van der Waals surface area contributed by atoms with Crippen LogP contribution in [0.5, 0.6) is 0 Å². The first-order valence-corrected chi connectivity index (χ1v) is 6.45. The minimum Gasteiger partial charge on any atom is -0.356 e. The molecule has 0 saturated heterocycles. The van der Waals surface area contributed by atoms with E-state index in [9.17, 15) is 4.79 Å². The second-order valence-corrected chi connectivity index (χ2v) is 5.24. The molecule has 2 rings (SSSR count). The summed E-state index contributed by atoms with van der Waals surface area (Å²) in [6.45, 7) is 5.14. The van der Waals surface area contributed by atoms with Gasteiger partial charge in [-0.2, -0.15) is 0 Å². The maximum atomic E-state index is 12.0. The average molecular weight is 235 g/mol. The summed E-state index contributed by atoms with van der Waals surface area (Å²) in [5, 5.41) is 3.03. The summed E-state index contributed by atoms with van der Waals surface area (Å²) in [5.74, 6) is 0.960. The fraction of sp³-hybridized carbons (Fsp3) is 0.692. The molecule has 1 aromatic heterocycles. The van der Waals surface area contributed by atoms with Crippen LogP contribution in [0.1, 0.15) is 38.1 Å². The van der Waals surface area contributed by atoms with Gasteiger partial charge in [-0.15, -0.1) is 0 Å². The smallest absolute Gasteiger partial charge is 0.223 e. The summed E-state index contributed by atoms with van der Waals surface area (Å²) in [7, 11) is 0. The highest BCUT2D eigenvalue weighted by molar-refractivity contribution is 5.79. The number of hydrogen-bond acceptors (Lipinski definition) is 2. The number of nitrogens with zero attached hydrogens (tertiary/aromatic N) is 1. The van der Waals surface area contributed by atoms with Gasteiger partial charge in [0.2, 0.25) is 5.91 Å². The molecule has 4 heteroatoms. The van der Waals surface area contributed by atoms with E-state index in [0.29, 0.717) is 5.92 Å². The van der Waals surface area contributed by atoms with E-state index in [1.54, 1.807) is 6.33 Å². The lowest BCUT2D eigenvalue weighted by Gasteiger charge is -2.20. The minimum atomic E-state index is 0.120. The number of carbonyl (C=O) groups is 1. The SMILES string of the molecule is CC(C)CCNC(=O)C1CCc2nc[nH]c2C1. The third-order valence-electron chi connectivity index (χ3n) is 3.38. The van der Waals surface area contributed by atoms with Crippen LogP contribution in [-0.2, 0) is 17.6 Å². The van der Waals surface area contributed by atoms with Crippen LogP contribution in [0.3, 0.4) is 0 Å². The minimum absolute atomic E-state index is 0.120. The van der Waals surface area contributed by atoms with Crippen molar-refractivity contribution in [2.75, 3.05) is 6.54 Å². The number of aromatic amines is 1. The lowest BCUT2D eigenvalue weighted by atomic mass is 9.89. The molecule has 0 saturated carbocycles. The molecule has 0 radical (unpaired) electrons. The van der Waals surface area contributed by atoms with E-state index >= 15 is 0 Å². The quantitative estimate of drug-likeness (QED) is 0.834. The van der Waals surface area contributed by atoms with Crippen LogP contribution in [0.25, 0.3) is 0 Å². The Hall–Kier alpha value is -1.32. The number of nitrogens with one attached hydrogen (secondary N) is 2. The molecule has 1 heterocycles. The zero-order valence-electron chi connectivity index (χ0n) is 10.6. The van der Waals surface area contributed by atoms with Crippen LogP contribution >= 0.6 is 0 Å². The first-order chi connectivity index (χ1) is 8.16. The average Bonchev–Trinajstić information content (AvgIpc) is 2.75. The Morgan fingerprint density at radius 3 is 3.24 bits per heavy atom. The monoisotopic (exact) mass is 235 g/mol. The van der Waals surface area contributed by atoms with Crippen LogP contribution in [0.15, 0.2) is 6.33 Å². The van der Waals surface area contributed by atoms with Crippen molar-refractivity contribution >= 4 is 5.91 Å². The third-order valence-corrected chi connectivity index (χ3v) is 3.38. The van der Waals surface area contributed by atoms with Crippen LogP contribution in [0, 0.1) is 11.8 Å². The van der Waals surface area contributed by atoms with Gasteiger partial charge in [-0.25, -0.2) is 4.98 Å². The number of carbonyl (C=O) groups excluding carboxylic acids is 1. The molecule has 1 atom stereocenters. The van der Waals surface area contributed by atoms with Gasteiger partial charge >= 0.3 is 0 Å². The Balaban J connectivity index is 1.82. The van der Waals surface area contributed by atoms with Crippen molar-refractivity contribution in [3.8, 4) is 0 Å². The number of hydrogen-bond donors (Lipinski definition) is 2. The summed E-state index contributed by atoms with van der Waals surface area (Å²) in [5.41, 5.74) is 2.27. The standard InChI is InChI=1S/C13H21N3O/c1-9(2)5-6-14-13(17)10-3-4-11-12(7-10)16-8-15-11/h8-10H,3-7H2,1-2H3,(H,14,17)(H,15,16). The molecule has 1 aliphatic carbocycles. The molecule has 4 nitrogen and oxygen atoms in total. The summed E-state index contributed by atoms with van der Waals surface area (Å²) in [6, 6.07) is 0. The Labute approximate surface area is 102 Å². The highest BCUT2D eigenvalue weighted by Gasteiger charge is 2.25. The van der Waals surface area contributed by atoms with Gasteiger partial charge in [-0.1, -0.05) is 13.8 Å². The molecule has 1 aliphatic rings. The topological polar surface area (TPSA) is 57.8 Å². The lowest BCUT2D eigenvalue weighted by Crippen LogP contribution is -2.35. The predicted molar refractivity (Wildman–Crippen MR) is 66.6 cm³/mol. The van der Waals surface area contributed by atoms with E-state index in [2.05, 4.69) is 29.1 Å². The Bertz CT molecular complexity index is 384. The molecule has 17 heavy (non-hydrogen) atoms. The van der Waals surface area contributed by atoms with Crippen molar-refractivity contribution in [3.05, 3.63) is 17.7 Å². The molecule has 1 amide bonds. The third kappa shape index (κ3) is 3.08. The number of H-pyrrole nitrogens is 1.